The van der Waals surface area contributed by atoms with Crippen LogP contribution in [0.3, 0.4) is 0 Å². The molecule has 186 valence electrons. The van der Waals surface area contributed by atoms with E-state index in [1.165, 1.54) is 29.4 Å². The Morgan fingerprint density at radius 3 is 2.50 bits per heavy atom. The quantitative estimate of drug-likeness (QED) is 0.424. The summed E-state index contributed by atoms with van der Waals surface area (Å²) in [5.41, 5.74) is 10.7. The van der Waals surface area contributed by atoms with Crippen molar-refractivity contribution in [1.82, 2.24) is 24.3 Å². The zero-order chi connectivity index (χ0) is 24.1. The average molecular weight is 466 g/mol. The Morgan fingerprint density at radius 2 is 1.76 bits per heavy atom. The van der Waals surface area contributed by atoms with Crippen molar-refractivity contribution in [3.05, 3.63) is 24.0 Å². The lowest BCUT2D eigenvalue weighted by molar-refractivity contribution is 0.313. The number of aryl methyl sites for hydroxylation is 2. The molecule has 0 saturated carbocycles. The first-order chi connectivity index (χ1) is 16.5. The summed E-state index contributed by atoms with van der Waals surface area (Å²) >= 11 is 0. The fourth-order valence-electron chi connectivity index (χ4n) is 5.12. The molecule has 0 unspecified atom stereocenters. The Morgan fingerprint density at radius 1 is 0.971 bits per heavy atom. The van der Waals surface area contributed by atoms with E-state index in [0.717, 1.165) is 88.4 Å². The van der Waals surface area contributed by atoms with Crippen LogP contribution in [0.15, 0.2) is 18.2 Å². The number of likely N-dealkylation sites (N-methyl/N-ethyl adjacent to an activating group) is 1. The Hall–Kier alpha value is -2.38. The van der Waals surface area contributed by atoms with Gasteiger partial charge in [0.25, 0.3) is 0 Å². The highest BCUT2D eigenvalue weighted by Gasteiger charge is 2.19. The number of hydrogen-bond acceptors (Lipinski definition) is 6. The van der Waals surface area contributed by atoms with Gasteiger partial charge >= 0.3 is 0 Å². The fourth-order valence-corrected chi connectivity index (χ4v) is 5.12. The van der Waals surface area contributed by atoms with E-state index < -0.39 is 0 Å². The maximum absolute atomic E-state index is 6.45. The van der Waals surface area contributed by atoms with Crippen molar-refractivity contribution in [1.29, 1.82) is 0 Å². The van der Waals surface area contributed by atoms with Crippen LogP contribution in [0.25, 0.3) is 21.9 Å². The van der Waals surface area contributed by atoms with E-state index in [1.807, 2.05) is 0 Å². The molecule has 0 amide bonds. The largest absolute Gasteiger partial charge is 0.382 e. The van der Waals surface area contributed by atoms with E-state index in [9.17, 15) is 0 Å². The van der Waals surface area contributed by atoms with Crippen molar-refractivity contribution >= 4 is 33.4 Å². The third-order valence-electron chi connectivity index (χ3n) is 7.16. The number of pyridine rings is 1. The molecule has 7 nitrogen and oxygen atoms in total. The van der Waals surface area contributed by atoms with Crippen molar-refractivity contribution < 1.29 is 0 Å². The molecule has 1 aliphatic rings. The smallest absolute Gasteiger partial charge is 0.152 e. The molecule has 2 N–H and O–H groups in total. The number of piperazine rings is 1. The Kier molecular flexibility index (Phi) is 8.27. The number of imidazole rings is 1. The first-order valence-corrected chi connectivity index (χ1v) is 13.2. The van der Waals surface area contributed by atoms with Crippen LogP contribution < -0.4 is 10.6 Å². The van der Waals surface area contributed by atoms with Gasteiger partial charge in [0.1, 0.15) is 11.3 Å². The molecule has 1 aromatic carbocycles. The highest BCUT2D eigenvalue weighted by Crippen LogP contribution is 2.32. The summed E-state index contributed by atoms with van der Waals surface area (Å²) in [5.74, 6) is 1.71. The number of fused-ring (bicyclic) bond motifs is 3. The van der Waals surface area contributed by atoms with E-state index in [-0.39, 0.29) is 0 Å². The highest BCUT2D eigenvalue weighted by atomic mass is 15.2. The normalized spacial score (nSPS) is 15.3. The molecule has 0 radical (unpaired) electrons. The van der Waals surface area contributed by atoms with Crippen molar-refractivity contribution in [2.75, 3.05) is 64.0 Å². The van der Waals surface area contributed by atoms with Crippen LogP contribution in [-0.4, -0.2) is 77.7 Å². The van der Waals surface area contributed by atoms with Gasteiger partial charge in [-0.15, -0.1) is 0 Å². The number of nitrogen functional groups attached to an aromatic ring is 1. The first kappa shape index (κ1) is 24.7. The standard InChI is InChI=1S/C27H43N7/c1-5-7-10-24-30-25-26(34(24)15-9-8-14-31(3)13-6-2)22-20-21(11-12-23(22)29-27(25)28)33-18-16-32(4)17-19-33/h11-12,20H,5-10,13-19H2,1-4H3,(H2,28,29). The molecule has 1 fully saturated rings. The second kappa shape index (κ2) is 11.4. The van der Waals surface area contributed by atoms with Gasteiger partial charge in [-0.05, 0) is 71.1 Å². The van der Waals surface area contributed by atoms with E-state index in [4.69, 9.17) is 15.7 Å². The van der Waals surface area contributed by atoms with Crippen molar-refractivity contribution in [3.8, 4) is 0 Å². The number of nitrogens with two attached hydrogens (primary N) is 1. The van der Waals surface area contributed by atoms with E-state index in [2.05, 4.69) is 65.4 Å². The highest BCUT2D eigenvalue weighted by molar-refractivity contribution is 6.07. The molecular weight excluding hydrogens is 422 g/mol. The van der Waals surface area contributed by atoms with Gasteiger partial charge in [-0.1, -0.05) is 20.3 Å². The van der Waals surface area contributed by atoms with E-state index >= 15 is 0 Å². The SMILES string of the molecule is CCCCc1nc2c(N)nc3ccc(N4CCN(C)CC4)cc3c2n1CCCCN(C)CCC. The number of rotatable bonds is 11. The lowest BCUT2D eigenvalue weighted by atomic mass is 10.1. The number of anilines is 2. The Balaban J connectivity index is 1.70. The third kappa shape index (κ3) is 5.47. The zero-order valence-corrected chi connectivity index (χ0v) is 21.7. The van der Waals surface area contributed by atoms with Crippen LogP contribution in [0.4, 0.5) is 11.5 Å². The maximum Gasteiger partial charge on any atom is 0.152 e. The monoisotopic (exact) mass is 465 g/mol. The van der Waals surface area contributed by atoms with Gasteiger partial charge in [-0.3, -0.25) is 0 Å². The molecule has 0 bridgehead atoms. The predicted molar refractivity (Wildman–Crippen MR) is 145 cm³/mol. The van der Waals surface area contributed by atoms with Crippen LogP contribution in [0.2, 0.25) is 0 Å². The van der Waals surface area contributed by atoms with Gasteiger partial charge < -0.3 is 25.0 Å². The second-order valence-corrected chi connectivity index (χ2v) is 9.98. The van der Waals surface area contributed by atoms with Crippen molar-refractivity contribution in [3.63, 3.8) is 0 Å². The van der Waals surface area contributed by atoms with Gasteiger partial charge in [-0.2, -0.15) is 0 Å². The van der Waals surface area contributed by atoms with Crippen molar-refractivity contribution in [2.24, 2.45) is 0 Å². The summed E-state index contributed by atoms with van der Waals surface area (Å²) in [6, 6.07) is 6.67. The summed E-state index contributed by atoms with van der Waals surface area (Å²) < 4.78 is 2.46. The summed E-state index contributed by atoms with van der Waals surface area (Å²) in [4.78, 5) is 17.1. The van der Waals surface area contributed by atoms with Gasteiger partial charge in [-0.25, -0.2) is 9.97 Å². The average Bonchev–Trinajstić information content (AvgIpc) is 3.20. The minimum absolute atomic E-state index is 0.550. The molecule has 1 saturated heterocycles. The maximum atomic E-state index is 6.45. The van der Waals surface area contributed by atoms with Crippen LogP contribution in [0.1, 0.15) is 51.8 Å². The number of benzene rings is 1. The lowest BCUT2D eigenvalue weighted by Gasteiger charge is -2.34. The molecule has 4 rings (SSSR count). The molecule has 2 aromatic heterocycles. The van der Waals surface area contributed by atoms with Gasteiger partial charge in [0.2, 0.25) is 0 Å². The lowest BCUT2D eigenvalue weighted by Crippen LogP contribution is -2.44. The minimum Gasteiger partial charge on any atom is -0.382 e. The second-order valence-electron chi connectivity index (χ2n) is 9.98. The number of hydrogen-bond donors (Lipinski definition) is 1. The predicted octanol–water partition coefficient (Wildman–Crippen LogP) is 4.38. The van der Waals surface area contributed by atoms with Crippen LogP contribution >= 0.6 is 0 Å². The molecule has 3 aromatic rings. The molecule has 0 aliphatic carbocycles. The summed E-state index contributed by atoms with van der Waals surface area (Å²) in [6.45, 7) is 12.1. The fraction of sp³-hybridized carbons (Fsp3) is 0.630. The third-order valence-corrected chi connectivity index (χ3v) is 7.16. The molecule has 34 heavy (non-hydrogen) atoms. The molecule has 7 heteroatoms. The van der Waals surface area contributed by atoms with Crippen LogP contribution in [0, 0.1) is 0 Å². The number of unbranched alkanes of at least 4 members (excludes halogenated alkanes) is 2. The van der Waals surface area contributed by atoms with E-state index in [1.54, 1.807) is 0 Å². The van der Waals surface area contributed by atoms with Gasteiger partial charge in [0, 0.05) is 50.2 Å². The summed E-state index contributed by atoms with van der Waals surface area (Å²) in [6.07, 6.45) is 6.82. The summed E-state index contributed by atoms with van der Waals surface area (Å²) in [7, 11) is 4.42. The van der Waals surface area contributed by atoms with Crippen LogP contribution in [-0.2, 0) is 13.0 Å². The first-order valence-electron chi connectivity index (χ1n) is 13.2. The Bertz CT molecular complexity index is 1080. The van der Waals surface area contributed by atoms with Gasteiger partial charge in [0.15, 0.2) is 5.82 Å². The number of nitrogens with zero attached hydrogens (tertiary/aromatic N) is 6. The van der Waals surface area contributed by atoms with E-state index in [0.29, 0.717) is 5.82 Å². The van der Waals surface area contributed by atoms with Gasteiger partial charge in [0.05, 0.1) is 11.0 Å². The molecule has 0 spiro atoms. The van der Waals surface area contributed by atoms with Crippen LogP contribution in [0.5, 0.6) is 0 Å². The molecular formula is C27H43N7. The summed E-state index contributed by atoms with van der Waals surface area (Å²) in [5, 5.41) is 1.18. The number of aromatic nitrogens is 3. The zero-order valence-electron chi connectivity index (χ0n) is 21.7. The molecule has 1 aliphatic heterocycles. The molecule has 3 heterocycles. The minimum atomic E-state index is 0.550. The topological polar surface area (TPSA) is 66.5 Å². The van der Waals surface area contributed by atoms with Crippen molar-refractivity contribution in [2.45, 2.75) is 58.9 Å². The Labute approximate surface area is 204 Å². The molecule has 0 atom stereocenters.